The lowest BCUT2D eigenvalue weighted by Crippen LogP contribution is -2.24. The number of benzene rings is 1. The standard InChI is InChI=1S/C17H20N4O2/c22-16-10-14(12-20(16)11-13-4-2-1-3-5-13)17-19-18-15-6-8-23-9-7-21(15)17/h1-5,14H,6-12H2. The Morgan fingerprint density at radius 1 is 1.17 bits per heavy atom. The fourth-order valence-electron chi connectivity index (χ4n) is 3.40. The van der Waals surface area contributed by atoms with Crippen LogP contribution in [-0.2, 0) is 29.0 Å². The van der Waals surface area contributed by atoms with Gasteiger partial charge in [-0.15, -0.1) is 10.2 Å². The normalized spacial score (nSPS) is 21.3. The number of nitrogens with zero attached hydrogens (tertiary/aromatic N) is 4. The van der Waals surface area contributed by atoms with Crippen LogP contribution in [0.1, 0.15) is 29.6 Å². The monoisotopic (exact) mass is 312 g/mol. The number of aromatic nitrogens is 3. The molecule has 1 aromatic heterocycles. The number of hydrogen-bond donors (Lipinski definition) is 0. The number of carbonyl (C=O) groups excluding carboxylic acids is 1. The molecular weight excluding hydrogens is 292 g/mol. The molecule has 1 aromatic carbocycles. The van der Waals surface area contributed by atoms with E-state index >= 15 is 0 Å². The Morgan fingerprint density at radius 3 is 2.91 bits per heavy atom. The van der Waals surface area contributed by atoms with E-state index in [9.17, 15) is 4.79 Å². The van der Waals surface area contributed by atoms with Crippen LogP contribution in [0.4, 0.5) is 0 Å². The van der Waals surface area contributed by atoms with Crippen LogP contribution in [0.3, 0.4) is 0 Å². The Labute approximate surface area is 135 Å². The van der Waals surface area contributed by atoms with Gasteiger partial charge in [0.2, 0.25) is 5.91 Å². The van der Waals surface area contributed by atoms with Crippen molar-refractivity contribution in [3.8, 4) is 0 Å². The van der Waals surface area contributed by atoms with E-state index in [1.54, 1.807) is 0 Å². The zero-order chi connectivity index (χ0) is 15.6. The van der Waals surface area contributed by atoms with E-state index in [1.807, 2.05) is 23.1 Å². The van der Waals surface area contributed by atoms with Gasteiger partial charge in [0, 0.05) is 38.4 Å². The van der Waals surface area contributed by atoms with Gasteiger partial charge in [0.25, 0.3) is 0 Å². The summed E-state index contributed by atoms with van der Waals surface area (Å²) in [6.07, 6.45) is 1.31. The van der Waals surface area contributed by atoms with E-state index in [2.05, 4.69) is 26.9 Å². The Hall–Kier alpha value is -2.21. The summed E-state index contributed by atoms with van der Waals surface area (Å²) in [4.78, 5) is 14.3. The minimum Gasteiger partial charge on any atom is -0.379 e. The van der Waals surface area contributed by atoms with Crippen LogP contribution in [0, 0.1) is 0 Å². The maximum Gasteiger partial charge on any atom is 0.223 e. The van der Waals surface area contributed by atoms with E-state index in [1.165, 1.54) is 0 Å². The van der Waals surface area contributed by atoms with Crippen LogP contribution >= 0.6 is 0 Å². The van der Waals surface area contributed by atoms with Crippen LogP contribution in [-0.4, -0.2) is 45.3 Å². The van der Waals surface area contributed by atoms with Crippen molar-refractivity contribution in [2.75, 3.05) is 19.8 Å². The second-order valence-electron chi connectivity index (χ2n) is 6.15. The molecule has 0 bridgehead atoms. The molecule has 2 aliphatic rings. The molecule has 1 fully saturated rings. The number of hydrogen-bond acceptors (Lipinski definition) is 4. The van der Waals surface area contributed by atoms with E-state index < -0.39 is 0 Å². The van der Waals surface area contributed by atoms with Gasteiger partial charge < -0.3 is 14.2 Å². The van der Waals surface area contributed by atoms with Gasteiger partial charge in [0.05, 0.1) is 13.2 Å². The Kier molecular flexibility index (Phi) is 3.83. The maximum atomic E-state index is 12.4. The summed E-state index contributed by atoms with van der Waals surface area (Å²) in [6, 6.07) is 10.1. The summed E-state index contributed by atoms with van der Waals surface area (Å²) in [5.41, 5.74) is 1.16. The molecule has 4 rings (SSSR count). The molecular formula is C17H20N4O2. The third-order valence-corrected chi connectivity index (χ3v) is 4.58. The van der Waals surface area contributed by atoms with Crippen molar-refractivity contribution in [1.29, 1.82) is 0 Å². The zero-order valence-corrected chi connectivity index (χ0v) is 13.0. The minimum atomic E-state index is 0.130. The Balaban J connectivity index is 1.51. The summed E-state index contributed by atoms with van der Waals surface area (Å²) in [6.45, 7) is 3.54. The molecule has 1 atom stereocenters. The first-order chi connectivity index (χ1) is 11.3. The number of rotatable bonds is 3. The fraction of sp³-hybridized carbons (Fsp3) is 0.471. The van der Waals surface area contributed by atoms with Crippen LogP contribution in [0.5, 0.6) is 0 Å². The van der Waals surface area contributed by atoms with Crippen molar-refractivity contribution in [3.05, 3.63) is 47.5 Å². The molecule has 2 aromatic rings. The second-order valence-corrected chi connectivity index (χ2v) is 6.15. The largest absolute Gasteiger partial charge is 0.379 e. The molecule has 120 valence electrons. The number of ether oxygens (including phenoxy) is 1. The number of carbonyl (C=O) groups is 1. The third kappa shape index (κ3) is 2.86. The molecule has 1 unspecified atom stereocenters. The molecule has 1 saturated heterocycles. The van der Waals surface area contributed by atoms with Gasteiger partial charge in [-0.25, -0.2) is 0 Å². The highest BCUT2D eigenvalue weighted by Crippen LogP contribution is 2.29. The van der Waals surface area contributed by atoms with Crippen molar-refractivity contribution in [3.63, 3.8) is 0 Å². The quantitative estimate of drug-likeness (QED) is 0.859. The van der Waals surface area contributed by atoms with Gasteiger partial charge in [-0.05, 0) is 5.56 Å². The predicted molar refractivity (Wildman–Crippen MR) is 83.8 cm³/mol. The van der Waals surface area contributed by atoms with E-state index in [0.29, 0.717) is 32.7 Å². The lowest BCUT2D eigenvalue weighted by molar-refractivity contribution is -0.128. The highest BCUT2D eigenvalue weighted by Gasteiger charge is 2.34. The van der Waals surface area contributed by atoms with Gasteiger partial charge in [-0.2, -0.15) is 0 Å². The highest BCUT2D eigenvalue weighted by atomic mass is 16.5. The first-order valence-corrected chi connectivity index (χ1v) is 8.12. The molecule has 0 aliphatic carbocycles. The molecule has 1 amide bonds. The molecule has 23 heavy (non-hydrogen) atoms. The zero-order valence-electron chi connectivity index (χ0n) is 13.0. The first-order valence-electron chi connectivity index (χ1n) is 8.12. The summed E-state index contributed by atoms with van der Waals surface area (Å²) in [5.74, 6) is 2.24. The topological polar surface area (TPSA) is 60.3 Å². The van der Waals surface area contributed by atoms with Gasteiger partial charge in [-0.3, -0.25) is 4.79 Å². The smallest absolute Gasteiger partial charge is 0.223 e. The van der Waals surface area contributed by atoms with Crippen LogP contribution < -0.4 is 0 Å². The maximum absolute atomic E-state index is 12.4. The SMILES string of the molecule is O=C1CC(c2nnc3n2CCOCC3)CN1Cc1ccccc1. The van der Waals surface area contributed by atoms with Crippen molar-refractivity contribution in [2.24, 2.45) is 0 Å². The predicted octanol–water partition coefficient (Wildman–Crippen LogP) is 1.37. The molecule has 6 nitrogen and oxygen atoms in total. The van der Waals surface area contributed by atoms with Crippen LogP contribution in [0.25, 0.3) is 0 Å². The van der Waals surface area contributed by atoms with Gasteiger partial charge >= 0.3 is 0 Å². The van der Waals surface area contributed by atoms with Crippen molar-refractivity contribution < 1.29 is 9.53 Å². The molecule has 0 saturated carbocycles. The number of amides is 1. The van der Waals surface area contributed by atoms with Crippen molar-refractivity contribution in [2.45, 2.75) is 31.8 Å². The van der Waals surface area contributed by atoms with Gasteiger partial charge in [-0.1, -0.05) is 30.3 Å². The average Bonchev–Trinajstić information content (AvgIpc) is 3.04. The molecule has 3 heterocycles. The summed E-state index contributed by atoms with van der Waals surface area (Å²) >= 11 is 0. The van der Waals surface area contributed by atoms with Gasteiger partial charge in [0.1, 0.15) is 11.6 Å². The highest BCUT2D eigenvalue weighted by molar-refractivity contribution is 5.79. The molecule has 6 heteroatoms. The van der Waals surface area contributed by atoms with Crippen molar-refractivity contribution >= 4 is 5.91 Å². The molecule has 0 radical (unpaired) electrons. The number of likely N-dealkylation sites (tertiary alicyclic amines) is 1. The Bertz CT molecular complexity index is 698. The number of fused-ring (bicyclic) bond motifs is 1. The van der Waals surface area contributed by atoms with Crippen molar-refractivity contribution in [1.82, 2.24) is 19.7 Å². The molecule has 0 N–H and O–H groups in total. The second kappa shape index (κ2) is 6.12. The van der Waals surface area contributed by atoms with E-state index in [-0.39, 0.29) is 11.8 Å². The van der Waals surface area contributed by atoms with E-state index in [4.69, 9.17) is 4.74 Å². The van der Waals surface area contributed by atoms with Gasteiger partial charge in [0.15, 0.2) is 0 Å². The Morgan fingerprint density at radius 2 is 2.04 bits per heavy atom. The fourth-order valence-corrected chi connectivity index (χ4v) is 3.40. The molecule has 2 aliphatic heterocycles. The summed E-state index contributed by atoms with van der Waals surface area (Å²) in [5, 5.41) is 8.67. The van der Waals surface area contributed by atoms with E-state index in [0.717, 1.165) is 30.2 Å². The summed E-state index contributed by atoms with van der Waals surface area (Å²) < 4.78 is 7.66. The lowest BCUT2D eigenvalue weighted by atomic mass is 10.1. The minimum absolute atomic E-state index is 0.130. The van der Waals surface area contributed by atoms with Crippen LogP contribution in [0.15, 0.2) is 30.3 Å². The summed E-state index contributed by atoms with van der Waals surface area (Å²) in [7, 11) is 0. The average molecular weight is 312 g/mol. The van der Waals surface area contributed by atoms with Crippen LogP contribution in [0.2, 0.25) is 0 Å². The molecule has 0 spiro atoms. The first kappa shape index (κ1) is 14.4. The lowest BCUT2D eigenvalue weighted by Gasteiger charge is -2.17. The third-order valence-electron chi connectivity index (χ3n) is 4.58.